The number of hydrogen-bond donors (Lipinski definition) is 1. The zero-order valence-electron chi connectivity index (χ0n) is 13.6. The third-order valence-electron chi connectivity index (χ3n) is 3.38. The van der Waals surface area contributed by atoms with Crippen LogP contribution < -0.4 is 5.32 Å². The predicted octanol–water partition coefficient (Wildman–Crippen LogP) is 2.45. The van der Waals surface area contributed by atoms with Gasteiger partial charge in [-0.2, -0.15) is 0 Å². The number of hydrogen-bond acceptors (Lipinski definition) is 5. The standard InChI is InChI=1S/C18H17ClN2O4/c1-12(22)20-10-8-13-4-6-14(7-5-13)16(23)11-25-18(24)15-3-2-9-21-17(15)19/h2-7,9H,8,10-11H2,1H3,(H,20,22). The molecule has 0 fully saturated rings. The lowest BCUT2D eigenvalue weighted by molar-refractivity contribution is -0.118. The van der Waals surface area contributed by atoms with E-state index in [1.165, 1.54) is 19.2 Å². The summed E-state index contributed by atoms with van der Waals surface area (Å²) in [4.78, 5) is 38.6. The summed E-state index contributed by atoms with van der Waals surface area (Å²) in [6.07, 6.45) is 2.13. The average Bonchev–Trinajstić information content (AvgIpc) is 2.60. The molecule has 1 N–H and O–H groups in total. The van der Waals surface area contributed by atoms with E-state index in [-0.39, 0.29) is 29.0 Å². The van der Waals surface area contributed by atoms with Gasteiger partial charge in [-0.25, -0.2) is 9.78 Å². The van der Waals surface area contributed by atoms with Crippen molar-refractivity contribution in [3.05, 3.63) is 64.4 Å². The maximum Gasteiger partial charge on any atom is 0.341 e. The van der Waals surface area contributed by atoms with Gasteiger partial charge in [-0.1, -0.05) is 35.9 Å². The Hall–Kier alpha value is -2.73. The number of ketones is 1. The normalized spacial score (nSPS) is 10.2. The van der Waals surface area contributed by atoms with E-state index in [0.29, 0.717) is 18.5 Å². The van der Waals surface area contributed by atoms with Crippen molar-refractivity contribution in [3.8, 4) is 0 Å². The number of nitrogens with zero attached hydrogens (tertiary/aromatic N) is 1. The quantitative estimate of drug-likeness (QED) is 0.465. The number of rotatable bonds is 7. The molecule has 0 saturated heterocycles. The fourth-order valence-corrected chi connectivity index (χ4v) is 2.27. The Morgan fingerprint density at radius 2 is 1.88 bits per heavy atom. The van der Waals surface area contributed by atoms with Crippen molar-refractivity contribution >= 4 is 29.3 Å². The fourth-order valence-electron chi connectivity index (χ4n) is 2.07. The topological polar surface area (TPSA) is 85.4 Å². The zero-order valence-corrected chi connectivity index (χ0v) is 14.4. The molecular formula is C18H17ClN2O4. The van der Waals surface area contributed by atoms with Crippen LogP contribution in [0.25, 0.3) is 0 Å². The summed E-state index contributed by atoms with van der Waals surface area (Å²) >= 11 is 5.81. The van der Waals surface area contributed by atoms with E-state index in [2.05, 4.69) is 10.3 Å². The van der Waals surface area contributed by atoms with Crippen molar-refractivity contribution in [1.29, 1.82) is 0 Å². The van der Waals surface area contributed by atoms with Crippen LogP contribution in [0.1, 0.15) is 33.2 Å². The maximum absolute atomic E-state index is 12.1. The SMILES string of the molecule is CC(=O)NCCc1ccc(C(=O)COC(=O)c2cccnc2Cl)cc1. The summed E-state index contributed by atoms with van der Waals surface area (Å²) in [6.45, 7) is 1.61. The maximum atomic E-state index is 12.1. The van der Waals surface area contributed by atoms with Crippen molar-refractivity contribution in [2.24, 2.45) is 0 Å². The minimum absolute atomic E-state index is 0.0310. The Morgan fingerprint density at radius 1 is 1.16 bits per heavy atom. The van der Waals surface area contributed by atoms with Gasteiger partial charge in [0.05, 0.1) is 5.56 Å². The number of amides is 1. The van der Waals surface area contributed by atoms with Gasteiger partial charge in [0.15, 0.2) is 12.4 Å². The Bertz CT molecular complexity index is 775. The lowest BCUT2D eigenvalue weighted by atomic mass is 10.1. The highest BCUT2D eigenvalue weighted by atomic mass is 35.5. The van der Waals surface area contributed by atoms with Gasteiger partial charge in [0, 0.05) is 25.2 Å². The third kappa shape index (κ3) is 5.69. The van der Waals surface area contributed by atoms with Gasteiger partial charge >= 0.3 is 5.97 Å². The summed E-state index contributed by atoms with van der Waals surface area (Å²) in [5.41, 5.74) is 1.54. The molecule has 2 rings (SSSR count). The van der Waals surface area contributed by atoms with Crippen molar-refractivity contribution in [2.45, 2.75) is 13.3 Å². The molecule has 1 heterocycles. The second-order valence-corrected chi connectivity index (χ2v) is 5.63. The Balaban J connectivity index is 1.87. The highest BCUT2D eigenvalue weighted by Gasteiger charge is 2.15. The van der Waals surface area contributed by atoms with Crippen molar-refractivity contribution < 1.29 is 19.1 Å². The first-order chi connectivity index (χ1) is 12.0. The summed E-state index contributed by atoms with van der Waals surface area (Å²) in [5.74, 6) is -1.09. The Labute approximate surface area is 150 Å². The van der Waals surface area contributed by atoms with Gasteiger partial charge in [-0.15, -0.1) is 0 Å². The van der Waals surface area contributed by atoms with Crippen LogP contribution in [0.4, 0.5) is 0 Å². The lowest BCUT2D eigenvalue weighted by Gasteiger charge is -2.06. The molecule has 0 radical (unpaired) electrons. The van der Waals surface area contributed by atoms with Gasteiger partial charge in [0.25, 0.3) is 0 Å². The van der Waals surface area contributed by atoms with Crippen LogP contribution in [0.2, 0.25) is 5.15 Å². The van der Waals surface area contributed by atoms with E-state index in [1.54, 1.807) is 30.3 Å². The number of aromatic nitrogens is 1. The fraction of sp³-hybridized carbons (Fsp3) is 0.222. The molecule has 0 atom stereocenters. The van der Waals surface area contributed by atoms with E-state index >= 15 is 0 Å². The van der Waals surface area contributed by atoms with Crippen LogP contribution in [-0.2, 0) is 16.0 Å². The summed E-state index contributed by atoms with van der Waals surface area (Å²) in [6, 6.07) is 9.96. The molecule has 7 heteroatoms. The number of halogens is 1. The minimum Gasteiger partial charge on any atom is -0.454 e. The van der Waals surface area contributed by atoms with Crippen molar-refractivity contribution in [1.82, 2.24) is 10.3 Å². The van der Waals surface area contributed by atoms with Crippen molar-refractivity contribution in [3.63, 3.8) is 0 Å². The number of Topliss-reactive ketones (excluding diaryl/α,β-unsaturated/α-hetero) is 1. The number of pyridine rings is 1. The number of benzene rings is 1. The molecule has 1 aromatic heterocycles. The van der Waals surface area contributed by atoms with Gasteiger partial charge in [0.2, 0.25) is 5.91 Å². The first-order valence-electron chi connectivity index (χ1n) is 7.61. The largest absolute Gasteiger partial charge is 0.454 e. The summed E-state index contributed by atoms with van der Waals surface area (Å²) in [7, 11) is 0. The number of carbonyl (C=O) groups excluding carboxylic acids is 3. The number of nitrogens with one attached hydrogen (secondary N) is 1. The molecule has 2 aromatic rings. The molecule has 0 aliphatic rings. The number of esters is 1. The van der Waals surface area contributed by atoms with E-state index in [4.69, 9.17) is 16.3 Å². The summed E-state index contributed by atoms with van der Waals surface area (Å²) in [5, 5.41) is 2.74. The molecule has 0 spiro atoms. The Morgan fingerprint density at radius 3 is 2.52 bits per heavy atom. The molecule has 1 amide bonds. The van der Waals surface area contributed by atoms with Crippen LogP contribution in [0.3, 0.4) is 0 Å². The number of carbonyl (C=O) groups is 3. The van der Waals surface area contributed by atoms with Crippen LogP contribution >= 0.6 is 11.6 Å². The highest BCUT2D eigenvalue weighted by Crippen LogP contribution is 2.13. The minimum atomic E-state index is -0.696. The smallest absolute Gasteiger partial charge is 0.341 e. The number of ether oxygens (including phenoxy) is 1. The average molecular weight is 361 g/mol. The monoisotopic (exact) mass is 360 g/mol. The third-order valence-corrected chi connectivity index (χ3v) is 3.68. The van der Waals surface area contributed by atoms with Gasteiger partial charge in [0.1, 0.15) is 5.15 Å². The first kappa shape index (κ1) is 18.6. The van der Waals surface area contributed by atoms with E-state index in [0.717, 1.165) is 5.56 Å². The second kappa shape index (κ2) is 8.94. The van der Waals surface area contributed by atoms with Crippen LogP contribution in [0.15, 0.2) is 42.6 Å². The van der Waals surface area contributed by atoms with Crippen molar-refractivity contribution in [2.75, 3.05) is 13.2 Å². The summed E-state index contributed by atoms with van der Waals surface area (Å²) < 4.78 is 4.99. The van der Waals surface area contributed by atoms with Gasteiger partial charge < -0.3 is 10.1 Å². The molecule has 1 aromatic carbocycles. The van der Waals surface area contributed by atoms with E-state index in [9.17, 15) is 14.4 Å². The zero-order chi connectivity index (χ0) is 18.2. The molecule has 0 aliphatic heterocycles. The molecule has 6 nitrogen and oxygen atoms in total. The lowest BCUT2D eigenvalue weighted by Crippen LogP contribution is -2.22. The second-order valence-electron chi connectivity index (χ2n) is 5.27. The molecule has 0 unspecified atom stereocenters. The molecule has 0 bridgehead atoms. The van der Waals surface area contributed by atoms with E-state index in [1.807, 2.05) is 0 Å². The molecule has 0 saturated carbocycles. The van der Waals surface area contributed by atoms with Gasteiger partial charge in [-0.05, 0) is 24.1 Å². The molecular weight excluding hydrogens is 344 g/mol. The van der Waals surface area contributed by atoms with Crippen LogP contribution in [0.5, 0.6) is 0 Å². The highest BCUT2D eigenvalue weighted by molar-refractivity contribution is 6.32. The van der Waals surface area contributed by atoms with Crippen LogP contribution in [-0.4, -0.2) is 35.8 Å². The molecule has 25 heavy (non-hydrogen) atoms. The first-order valence-corrected chi connectivity index (χ1v) is 7.99. The van der Waals surface area contributed by atoms with Gasteiger partial charge in [-0.3, -0.25) is 9.59 Å². The van der Waals surface area contributed by atoms with E-state index < -0.39 is 5.97 Å². The predicted molar refractivity (Wildman–Crippen MR) is 92.7 cm³/mol. The van der Waals surface area contributed by atoms with Crippen LogP contribution in [0, 0.1) is 0 Å². The molecule has 0 aliphatic carbocycles. The molecule has 130 valence electrons. The Kier molecular flexibility index (Phi) is 6.65.